The van der Waals surface area contributed by atoms with Crippen LogP contribution in [0.3, 0.4) is 0 Å². The van der Waals surface area contributed by atoms with E-state index < -0.39 is 5.91 Å². The van der Waals surface area contributed by atoms with Crippen molar-refractivity contribution in [1.29, 1.82) is 0 Å². The predicted octanol–water partition coefficient (Wildman–Crippen LogP) is 1.84. The zero-order valence-corrected chi connectivity index (χ0v) is 9.54. The lowest BCUT2D eigenvalue weighted by Crippen LogP contribution is -2.15. The SMILES string of the molecule is CC(C)c1ncoc1C(=O)Nc1ncccn1. The average Bonchev–Trinajstić information content (AvgIpc) is 2.79. The fourth-order valence-electron chi connectivity index (χ4n) is 1.36. The van der Waals surface area contributed by atoms with Crippen LogP contribution < -0.4 is 5.32 Å². The van der Waals surface area contributed by atoms with Crippen LogP contribution in [0.4, 0.5) is 5.95 Å². The number of nitrogens with zero attached hydrogens (tertiary/aromatic N) is 3. The van der Waals surface area contributed by atoms with Gasteiger partial charge in [-0.05, 0) is 12.0 Å². The molecule has 0 aliphatic rings. The lowest BCUT2D eigenvalue weighted by atomic mass is 10.1. The lowest BCUT2D eigenvalue weighted by molar-refractivity contribution is 0.0994. The van der Waals surface area contributed by atoms with Gasteiger partial charge in [-0.1, -0.05) is 13.8 Å². The first kappa shape index (κ1) is 11.3. The first-order valence-corrected chi connectivity index (χ1v) is 5.20. The lowest BCUT2D eigenvalue weighted by Gasteiger charge is -2.04. The summed E-state index contributed by atoms with van der Waals surface area (Å²) in [5, 5.41) is 2.54. The molecule has 0 spiro atoms. The van der Waals surface area contributed by atoms with E-state index in [1.165, 1.54) is 6.39 Å². The molecule has 17 heavy (non-hydrogen) atoms. The third-order valence-electron chi connectivity index (χ3n) is 2.14. The molecule has 2 aromatic rings. The smallest absolute Gasteiger partial charge is 0.295 e. The van der Waals surface area contributed by atoms with Crippen molar-refractivity contribution in [2.75, 3.05) is 5.32 Å². The van der Waals surface area contributed by atoms with Crippen molar-refractivity contribution < 1.29 is 9.21 Å². The molecule has 6 heteroatoms. The number of amides is 1. The van der Waals surface area contributed by atoms with Crippen molar-refractivity contribution in [3.05, 3.63) is 36.3 Å². The fourth-order valence-corrected chi connectivity index (χ4v) is 1.36. The van der Waals surface area contributed by atoms with E-state index in [1.807, 2.05) is 13.8 Å². The predicted molar refractivity (Wildman–Crippen MR) is 60.6 cm³/mol. The number of nitrogens with one attached hydrogen (secondary N) is 1. The summed E-state index contributed by atoms with van der Waals surface area (Å²) >= 11 is 0. The largest absolute Gasteiger partial charge is 0.438 e. The molecule has 2 heterocycles. The molecule has 88 valence electrons. The van der Waals surface area contributed by atoms with Crippen molar-refractivity contribution in [2.24, 2.45) is 0 Å². The van der Waals surface area contributed by atoms with Crippen LogP contribution in [0, 0.1) is 0 Å². The minimum absolute atomic E-state index is 0.117. The summed E-state index contributed by atoms with van der Waals surface area (Å²) in [7, 11) is 0. The molecular weight excluding hydrogens is 220 g/mol. The van der Waals surface area contributed by atoms with Crippen LogP contribution in [0.25, 0.3) is 0 Å². The van der Waals surface area contributed by atoms with Gasteiger partial charge in [0.25, 0.3) is 5.91 Å². The molecule has 2 aromatic heterocycles. The van der Waals surface area contributed by atoms with Gasteiger partial charge < -0.3 is 4.42 Å². The summed E-state index contributed by atoms with van der Waals surface area (Å²) in [5.74, 6) is 0.166. The maximum absolute atomic E-state index is 11.9. The molecule has 0 aliphatic heterocycles. The van der Waals surface area contributed by atoms with Crippen molar-refractivity contribution in [3.8, 4) is 0 Å². The highest BCUT2D eigenvalue weighted by Gasteiger charge is 2.19. The van der Waals surface area contributed by atoms with Gasteiger partial charge in [0.2, 0.25) is 11.7 Å². The van der Waals surface area contributed by atoms with E-state index in [-0.39, 0.29) is 17.6 Å². The second-order valence-corrected chi connectivity index (χ2v) is 3.75. The van der Waals surface area contributed by atoms with Gasteiger partial charge in [-0.15, -0.1) is 0 Å². The molecule has 0 bridgehead atoms. The van der Waals surface area contributed by atoms with Crippen molar-refractivity contribution >= 4 is 11.9 Å². The molecule has 2 rings (SSSR count). The quantitative estimate of drug-likeness (QED) is 0.873. The number of oxazole rings is 1. The average molecular weight is 232 g/mol. The molecule has 0 saturated heterocycles. The summed E-state index contributed by atoms with van der Waals surface area (Å²) in [4.78, 5) is 23.7. The molecule has 1 amide bonds. The molecule has 1 N–H and O–H groups in total. The highest BCUT2D eigenvalue weighted by molar-refractivity contribution is 6.01. The van der Waals surface area contributed by atoms with E-state index in [0.29, 0.717) is 5.69 Å². The minimum Gasteiger partial charge on any atom is -0.438 e. The molecule has 0 saturated carbocycles. The van der Waals surface area contributed by atoms with Crippen molar-refractivity contribution in [2.45, 2.75) is 19.8 Å². The summed E-state index contributed by atoms with van der Waals surface area (Å²) < 4.78 is 5.08. The van der Waals surface area contributed by atoms with E-state index in [4.69, 9.17) is 4.42 Å². The van der Waals surface area contributed by atoms with Gasteiger partial charge in [0.1, 0.15) is 0 Å². The van der Waals surface area contributed by atoms with Crippen LogP contribution in [0.2, 0.25) is 0 Å². The molecule has 0 aromatic carbocycles. The van der Waals surface area contributed by atoms with Crippen LogP contribution in [-0.4, -0.2) is 20.9 Å². The Bertz CT molecular complexity index is 507. The monoisotopic (exact) mass is 232 g/mol. The molecule has 6 nitrogen and oxygen atoms in total. The van der Waals surface area contributed by atoms with E-state index in [9.17, 15) is 4.79 Å². The van der Waals surface area contributed by atoms with Crippen molar-refractivity contribution in [1.82, 2.24) is 15.0 Å². The Morgan fingerprint density at radius 1 is 1.29 bits per heavy atom. The Morgan fingerprint density at radius 2 is 2.00 bits per heavy atom. The van der Waals surface area contributed by atoms with Gasteiger partial charge in [0.05, 0.1) is 5.69 Å². The summed E-state index contributed by atoms with van der Waals surface area (Å²) in [6.07, 6.45) is 4.36. The maximum atomic E-state index is 11.9. The van der Waals surface area contributed by atoms with Crippen LogP contribution in [-0.2, 0) is 0 Å². The molecule has 0 radical (unpaired) electrons. The van der Waals surface area contributed by atoms with Gasteiger partial charge in [0.15, 0.2) is 6.39 Å². The van der Waals surface area contributed by atoms with E-state index >= 15 is 0 Å². The second-order valence-electron chi connectivity index (χ2n) is 3.75. The van der Waals surface area contributed by atoms with E-state index in [0.717, 1.165) is 0 Å². The summed E-state index contributed by atoms with van der Waals surface area (Å²) in [6.45, 7) is 3.88. The van der Waals surface area contributed by atoms with E-state index in [1.54, 1.807) is 18.5 Å². The van der Waals surface area contributed by atoms with Crippen LogP contribution in [0.5, 0.6) is 0 Å². The Morgan fingerprint density at radius 3 is 2.65 bits per heavy atom. The number of carbonyl (C=O) groups excluding carboxylic acids is 1. The van der Waals surface area contributed by atoms with Gasteiger partial charge in [0, 0.05) is 12.4 Å². The zero-order valence-electron chi connectivity index (χ0n) is 9.54. The third kappa shape index (κ3) is 2.47. The first-order valence-electron chi connectivity index (χ1n) is 5.20. The van der Waals surface area contributed by atoms with Gasteiger partial charge in [-0.25, -0.2) is 15.0 Å². The number of rotatable bonds is 3. The van der Waals surface area contributed by atoms with Crippen molar-refractivity contribution in [3.63, 3.8) is 0 Å². The zero-order chi connectivity index (χ0) is 12.3. The Balaban J connectivity index is 2.18. The molecule has 0 unspecified atom stereocenters. The normalized spacial score (nSPS) is 10.5. The van der Waals surface area contributed by atoms with Gasteiger partial charge >= 0.3 is 0 Å². The van der Waals surface area contributed by atoms with E-state index in [2.05, 4.69) is 20.3 Å². The summed E-state index contributed by atoms with van der Waals surface area (Å²) in [5.41, 5.74) is 0.624. The summed E-state index contributed by atoms with van der Waals surface area (Å²) in [6, 6.07) is 1.67. The number of anilines is 1. The molecule has 0 fully saturated rings. The molecular formula is C11H12N4O2. The number of hydrogen-bond acceptors (Lipinski definition) is 5. The Labute approximate surface area is 98.1 Å². The number of aromatic nitrogens is 3. The fraction of sp³-hybridized carbons (Fsp3) is 0.273. The number of carbonyl (C=O) groups is 1. The highest BCUT2D eigenvalue weighted by atomic mass is 16.3. The van der Waals surface area contributed by atoms with Crippen LogP contribution >= 0.6 is 0 Å². The van der Waals surface area contributed by atoms with Gasteiger partial charge in [-0.2, -0.15) is 0 Å². The number of hydrogen-bond donors (Lipinski definition) is 1. The second kappa shape index (κ2) is 4.73. The Hall–Kier alpha value is -2.24. The minimum atomic E-state index is -0.391. The Kier molecular flexibility index (Phi) is 3.13. The molecule has 0 aliphatic carbocycles. The van der Waals surface area contributed by atoms with Crippen LogP contribution in [0.1, 0.15) is 36.0 Å². The third-order valence-corrected chi connectivity index (χ3v) is 2.14. The molecule has 0 atom stereocenters. The maximum Gasteiger partial charge on any atom is 0.295 e. The first-order chi connectivity index (χ1) is 8.18. The topological polar surface area (TPSA) is 80.9 Å². The van der Waals surface area contributed by atoms with Gasteiger partial charge in [-0.3, -0.25) is 10.1 Å². The van der Waals surface area contributed by atoms with Crippen LogP contribution in [0.15, 0.2) is 29.3 Å². The standard InChI is InChI=1S/C11H12N4O2/c1-7(2)8-9(17-6-14-8)10(16)15-11-12-4-3-5-13-11/h3-7H,1-2H3,(H,12,13,15,16). The highest BCUT2D eigenvalue weighted by Crippen LogP contribution is 2.18.